The summed E-state index contributed by atoms with van der Waals surface area (Å²) in [5.41, 5.74) is 17.3. The van der Waals surface area contributed by atoms with E-state index in [9.17, 15) is 0 Å². The van der Waals surface area contributed by atoms with Crippen LogP contribution in [0.25, 0.3) is 71.9 Å². The maximum atomic E-state index is 7.37. The van der Waals surface area contributed by atoms with Gasteiger partial charge < -0.3 is 14.1 Å². The molecule has 0 atom stereocenters. The Hall–Kier alpha value is -7.56. The summed E-state index contributed by atoms with van der Waals surface area (Å²) in [4.78, 5) is 2.53. The zero-order valence-corrected chi connectivity index (χ0v) is 31.6. The van der Waals surface area contributed by atoms with Gasteiger partial charge in [0.2, 0.25) is 0 Å². The summed E-state index contributed by atoms with van der Waals surface area (Å²) in [6, 6.07) is 74.6. The first kappa shape index (κ1) is 32.7. The predicted octanol–water partition coefficient (Wildman–Crippen LogP) is 12.7. The van der Waals surface area contributed by atoms with E-state index in [2.05, 4.69) is 222 Å². The SMILES string of the molecule is c1ccc(-c2cc(-c3ccccc3)cc(N3c4ccc5ccccc5c4B4Oc5ccc(-c6ccccc6)cc5-c5cc6ccn(-c7ccccc7)c6c3c54)c2)cc1. The molecular formula is C54H35BN2O. The molecule has 0 aliphatic carbocycles. The number of hydrogen-bond donors (Lipinski definition) is 0. The fraction of sp³-hybridized carbons (Fsp3) is 0. The van der Waals surface area contributed by atoms with Gasteiger partial charge in [0.05, 0.1) is 11.2 Å². The molecule has 0 fully saturated rings. The summed E-state index contributed by atoms with van der Waals surface area (Å²) < 4.78 is 9.73. The van der Waals surface area contributed by atoms with Gasteiger partial charge in [-0.3, -0.25) is 0 Å². The van der Waals surface area contributed by atoms with Crippen LogP contribution in [0.15, 0.2) is 212 Å². The van der Waals surface area contributed by atoms with Crippen molar-refractivity contribution in [1.82, 2.24) is 4.57 Å². The van der Waals surface area contributed by atoms with Crippen LogP contribution >= 0.6 is 0 Å². The van der Waals surface area contributed by atoms with Gasteiger partial charge in [0.15, 0.2) is 0 Å². The molecule has 3 heterocycles. The summed E-state index contributed by atoms with van der Waals surface area (Å²) in [6.45, 7) is -0.341. The van der Waals surface area contributed by atoms with Crippen LogP contribution in [0.3, 0.4) is 0 Å². The molecule has 0 saturated carbocycles. The fourth-order valence-electron chi connectivity index (χ4n) is 9.34. The third kappa shape index (κ3) is 5.08. The summed E-state index contributed by atoms with van der Waals surface area (Å²) in [5, 5.41) is 3.56. The number of para-hydroxylation sites is 1. The Labute approximate surface area is 337 Å². The normalized spacial score (nSPS) is 12.6. The van der Waals surface area contributed by atoms with E-state index < -0.39 is 0 Å². The van der Waals surface area contributed by atoms with Crippen LogP contribution in [0.5, 0.6) is 5.75 Å². The Kier molecular flexibility index (Phi) is 7.33. The van der Waals surface area contributed by atoms with Crippen LogP contribution in [-0.2, 0) is 0 Å². The predicted molar refractivity (Wildman–Crippen MR) is 243 cm³/mol. The van der Waals surface area contributed by atoms with E-state index in [0.717, 1.165) is 50.7 Å². The van der Waals surface area contributed by atoms with Crippen LogP contribution in [-0.4, -0.2) is 11.5 Å². The van der Waals surface area contributed by atoms with Crippen LogP contribution in [0.4, 0.5) is 17.1 Å². The number of rotatable bonds is 5. The topological polar surface area (TPSA) is 17.4 Å². The second-order valence-corrected chi connectivity index (χ2v) is 15.3. The quantitative estimate of drug-likeness (QED) is 0.164. The van der Waals surface area contributed by atoms with Gasteiger partial charge in [-0.1, -0.05) is 146 Å². The molecule has 3 nitrogen and oxygen atoms in total. The van der Waals surface area contributed by atoms with Crippen LogP contribution < -0.4 is 20.5 Å². The fourth-order valence-corrected chi connectivity index (χ4v) is 9.34. The van der Waals surface area contributed by atoms with Crippen LogP contribution in [0.1, 0.15) is 0 Å². The molecule has 0 spiro atoms. The van der Waals surface area contributed by atoms with Gasteiger partial charge in [-0.15, -0.1) is 0 Å². The molecule has 0 saturated heterocycles. The average molecular weight is 739 g/mol. The summed E-state index contributed by atoms with van der Waals surface area (Å²) in [5.74, 6) is 0.898. The minimum atomic E-state index is -0.341. The van der Waals surface area contributed by atoms with Gasteiger partial charge in [-0.05, 0) is 110 Å². The molecule has 2 aliphatic rings. The van der Waals surface area contributed by atoms with Crippen molar-refractivity contribution in [1.29, 1.82) is 0 Å². The number of nitrogens with zero attached hydrogens (tertiary/aromatic N) is 2. The van der Waals surface area contributed by atoms with Gasteiger partial charge in [0.1, 0.15) is 5.75 Å². The van der Waals surface area contributed by atoms with Crippen molar-refractivity contribution >= 4 is 56.6 Å². The van der Waals surface area contributed by atoms with Crippen molar-refractivity contribution in [2.75, 3.05) is 4.90 Å². The molecule has 0 amide bonds. The highest BCUT2D eigenvalue weighted by Gasteiger charge is 2.45. The summed E-state index contributed by atoms with van der Waals surface area (Å²) in [7, 11) is 0. The lowest BCUT2D eigenvalue weighted by atomic mass is 9.48. The Morgan fingerprint density at radius 3 is 1.71 bits per heavy atom. The second-order valence-electron chi connectivity index (χ2n) is 15.3. The second kappa shape index (κ2) is 13.0. The van der Waals surface area contributed by atoms with Gasteiger partial charge in [-0.2, -0.15) is 0 Å². The molecule has 0 bridgehead atoms. The maximum absolute atomic E-state index is 7.37. The zero-order chi connectivity index (χ0) is 38.2. The lowest BCUT2D eigenvalue weighted by Gasteiger charge is -2.41. The van der Waals surface area contributed by atoms with Gasteiger partial charge in [-0.25, -0.2) is 0 Å². The molecule has 0 unspecified atom stereocenters. The molecular weight excluding hydrogens is 703 g/mol. The molecule has 0 N–H and O–H groups in total. The molecule has 4 heteroatoms. The molecule has 10 aromatic rings. The van der Waals surface area contributed by atoms with E-state index >= 15 is 0 Å². The maximum Gasteiger partial charge on any atom is 0.432 e. The van der Waals surface area contributed by atoms with Gasteiger partial charge in [0.25, 0.3) is 0 Å². The van der Waals surface area contributed by atoms with E-state index in [1.165, 1.54) is 54.9 Å². The molecule has 9 aromatic carbocycles. The summed E-state index contributed by atoms with van der Waals surface area (Å²) >= 11 is 0. The standard InChI is InChI=1S/C54H35BN2O/c1-5-15-36(16-6-1)40-26-28-50-47(34-40)48-35-41-29-30-56(44-22-11-4-12-23-44)53(41)54-52(48)55(58-50)51-46-24-14-13-21-39(46)25-27-49(51)57(54)45-32-42(37-17-7-2-8-18-37)31-43(33-45)38-19-9-3-10-20-38/h1-35H. The van der Waals surface area contributed by atoms with Gasteiger partial charge >= 0.3 is 6.92 Å². The zero-order valence-electron chi connectivity index (χ0n) is 31.6. The third-order valence-corrected chi connectivity index (χ3v) is 12.0. The molecule has 58 heavy (non-hydrogen) atoms. The van der Waals surface area contributed by atoms with E-state index in [1.807, 2.05) is 0 Å². The Bertz CT molecular complexity index is 3140. The average Bonchev–Trinajstić information content (AvgIpc) is 3.74. The van der Waals surface area contributed by atoms with E-state index in [0.29, 0.717) is 0 Å². The van der Waals surface area contributed by atoms with Crippen molar-refractivity contribution in [2.24, 2.45) is 0 Å². The minimum absolute atomic E-state index is 0.341. The Balaban J connectivity index is 1.23. The minimum Gasteiger partial charge on any atom is -0.551 e. The van der Waals surface area contributed by atoms with Crippen molar-refractivity contribution < 1.29 is 4.65 Å². The van der Waals surface area contributed by atoms with E-state index in [-0.39, 0.29) is 6.92 Å². The van der Waals surface area contributed by atoms with Crippen molar-refractivity contribution in [3.8, 4) is 55.9 Å². The van der Waals surface area contributed by atoms with Crippen molar-refractivity contribution in [2.45, 2.75) is 0 Å². The molecule has 12 rings (SSSR count). The van der Waals surface area contributed by atoms with E-state index in [1.54, 1.807) is 0 Å². The molecule has 270 valence electrons. The first-order valence-corrected chi connectivity index (χ1v) is 19.9. The molecule has 1 aromatic heterocycles. The number of anilines is 3. The molecule has 0 radical (unpaired) electrons. The first-order valence-electron chi connectivity index (χ1n) is 19.9. The number of aromatic nitrogens is 1. The van der Waals surface area contributed by atoms with Crippen LogP contribution in [0.2, 0.25) is 0 Å². The van der Waals surface area contributed by atoms with E-state index in [4.69, 9.17) is 4.65 Å². The van der Waals surface area contributed by atoms with Crippen molar-refractivity contribution in [3.63, 3.8) is 0 Å². The number of benzene rings is 9. The first-order chi connectivity index (χ1) is 28.8. The highest BCUT2D eigenvalue weighted by molar-refractivity contribution is 6.87. The summed E-state index contributed by atoms with van der Waals surface area (Å²) in [6.07, 6.45) is 2.23. The number of fused-ring (bicyclic) bond motifs is 8. The lowest BCUT2D eigenvalue weighted by molar-refractivity contribution is 0.590. The number of hydrogen-bond acceptors (Lipinski definition) is 2. The Morgan fingerprint density at radius 2 is 1.02 bits per heavy atom. The van der Waals surface area contributed by atoms with Gasteiger partial charge in [0, 0.05) is 45.1 Å². The highest BCUT2D eigenvalue weighted by Crippen LogP contribution is 2.49. The monoisotopic (exact) mass is 738 g/mol. The lowest BCUT2D eigenvalue weighted by Crippen LogP contribution is -2.56. The molecule has 2 aliphatic heterocycles. The largest absolute Gasteiger partial charge is 0.551 e. The Morgan fingerprint density at radius 1 is 0.397 bits per heavy atom. The van der Waals surface area contributed by atoms with Crippen molar-refractivity contribution in [3.05, 3.63) is 212 Å². The van der Waals surface area contributed by atoms with Crippen LogP contribution in [0, 0.1) is 0 Å². The highest BCUT2D eigenvalue weighted by atomic mass is 16.4. The smallest absolute Gasteiger partial charge is 0.432 e. The third-order valence-electron chi connectivity index (χ3n) is 12.0.